The normalized spacial score (nSPS) is 16.6. The molecule has 0 spiro atoms. The van der Waals surface area contributed by atoms with Crippen molar-refractivity contribution < 1.29 is 24.4 Å². The Bertz CT molecular complexity index is 974. The molecular formula is C18H14N2O6S. The van der Waals surface area contributed by atoms with E-state index in [2.05, 4.69) is 0 Å². The number of carboxylic acids is 1. The van der Waals surface area contributed by atoms with E-state index >= 15 is 0 Å². The lowest BCUT2D eigenvalue weighted by Crippen LogP contribution is -2.31. The van der Waals surface area contributed by atoms with Crippen LogP contribution in [0.25, 0.3) is 0 Å². The average Bonchev–Trinajstić information content (AvgIpc) is 2.89. The molecule has 8 nitrogen and oxygen atoms in total. The Morgan fingerprint density at radius 1 is 1.26 bits per heavy atom. The first kappa shape index (κ1) is 18.6. The number of nitrogens with zero attached hydrogens (tertiary/aromatic N) is 2. The number of nitro benzene ring substituents is 1. The van der Waals surface area contributed by atoms with E-state index in [1.807, 2.05) is 0 Å². The zero-order valence-electron chi connectivity index (χ0n) is 14.1. The first-order valence-corrected chi connectivity index (χ1v) is 8.78. The fourth-order valence-corrected chi connectivity index (χ4v) is 3.98. The van der Waals surface area contributed by atoms with Gasteiger partial charge in [-0.1, -0.05) is 18.2 Å². The molecule has 3 rings (SSSR count). The molecule has 9 heteroatoms. The Hall–Kier alpha value is -3.20. The van der Waals surface area contributed by atoms with E-state index in [1.54, 1.807) is 25.1 Å². The van der Waals surface area contributed by atoms with Crippen LogP contribution in [-0.2, 0) is 9.59 Å². The van der Waals surface area contributed by atoms with Gasteiger partial charge in [-0.25, -0.2) is 9.69 Å². The van der Waals surface area contributed by atoms with Gasteiger partial charge in [0.15, 0.2) is 0 Å². The molecule has 2 aromatic carbocycles. The summed E-state index contributed by atoms with van der Waals surface area (Å²) in [6.07, 6.45) is -0.112. The number of aromatic carboxylic acids is 1. The first-order chi connectivity index (χ1) is 12.8. The molecule has 0 radical (unpaired) electrons. The van der Waals surface area contributed by atoms with Crippen molar-refractivity contribution in [3.05, 3.63) is 63.7 Å². The Balaban J connectivity index is 1.92. The van der Waals surface area contributed by atoms with Gasteiger partial charge >= 0.3 is 5.97 Å². The molecule has 0 saturated carbocycles. The fraction of sp³-hybridized carbons (Fsp3) is 0.167. The number of carbonyl (C=O) groups is 3. The summed E-state index contributed by atoms with van der Waals surface area (Å²) in [4.78, 5) is 48.3. The van der Waals surface area contributed by atoms with Gasteiger partial charge in [0.1, 0.15) is 0 Å². The minimum atomic E-state index is -1.12. The number of hydrogen-bond donors (Lipinski definition) is 1. The zero-order chi connectivity index (χ0) is 19.7. The first-order valence-electron chi connectivity index (χ1n) is 7.90. The number of carbonyl (C=O) groups excluding carboxylic acids is 2. The van der Waals surface area contributed by atoms with Gasteiger partial charge in [0, 0.05) is 23.4 Å². The van der Waals surface area contributed by atoms with E-state index in [4.69, 9.17) is 0 Å². The van der Waals surface area contributed by atoms with Gasteiger partial charge in [0.25, 0.3) is 5.69 Å². The van der Waals surface area contributed by atoms with Crippen LogP contribution in [0.5, 0.6) is 0 Å². The molecule has 138 valence electrons. The third-order valence-electron chi connectivity index (χ3n) is 4.14. The topological polar surface area (TPSA) is 118 Å². The van der Waals surface area contributed by atoms with Crippen molar-refractivity contribution >= 4 is 40.9 Å². The van der Waals surface area contributed by atoms with Crippen LogP contribution in [0.1, 0.15) is 22.3 Å². The van der Waals surface area contributed by atoms with Crippen LogP contribution in [0.3, 0.4) is 0 Å². The average molecular weight is 386 g/mol. The van der Waals surface area contributed by atoms with Gasteiger partial charge in [-0.3, -0.25) is 19.7 Å². The molecular weight excluding hydrogens is 372 g/mol. The Morgan fingerprint density at radius 2 is 1.96 bits per heavy atom. The van der Waals surface area contributed by atoms with E-state index in [0.717, 1.165) is 16.7 Å². The van der Waals surface area contributed by atoms with Crippen molar-refractivity contribution in [2.24, 2.45) is 0 Å². The molecule has 0 bridgehead atoms. The largest absolute Gasteiger partial charge is 0.478 e. The second-order valence-corrected chi connectivity index (χ2v) is 7.15. The smallest absolute Gasteiger partial charge is 0.336 e. The van der Waals surface area contributed by atoms with Gasteiger partial charge in [-0.05, 0) is 24.6 Å². The number of benzene rings is 2. The van der Waals surface area contributed by atoms with Crippen LogP contribution in [0, 0.1) is 17.0 Å². The predicted molar refractivity (Wildman–Crippen MR) is 98.0 cm³/mol. The standard InChI is InChI=1S/C18H14N2O6S/c1-10-6-7-11(20(25)26)8-13(10)19-16(21)9-15(17(19)22)27-14-5-3-2-4-12(14)18(23)24/h2-8,15H,9H2,1H3,(H,23,24)/t15-/m0/s1. The van der Waals surface area contributed by atoms with Gasteiger partial charge in [0.05, 0.1) is 21.4 Å². The van der Waals surface area contributed by atoms with Crippen LogP contribution in [0.15, 0.2) is 47.4 Å². The summed E-state index contributed by atoms with van der Waals surface area (Å²) in [5, 5.41) is 19.5. The number of carboxylic acid groups (broad SMARTS) is 1. The van der Waals surface area contributed by atoms with Gasteiger partial charge in [-0.15, -0.1) is 11.8 Å². The fourth-order valence-electron chi connectivity index (χ4n) is 2.80. The second kappa shape index (κ2) is 7.20. The Labute approximate surface area is 157 Å². The van der Waals surface area contributed by atoms with Crippen LogP contribution in [0.4, 0.5) is 11.4 Å². The monoisotopic (exact) mass is 386 g/mol. The molecule has 0 unspecified atom stereocenters. The molecule has 1 saturated heterocycles. The van der Waals surface area contributed by atoms with Crippen LogP contribution in [0.2, 0.25) is 0 Å². The van der Waals surface area contributed by atoms with Crippen molar-refractivity contribution in [2.75, 3.05) is 4.90 Å². The molecule has 2 amide bonds. The quantitative estimate of drug-likeness (QED) is 0.477. The van der Waals surface area contributed by atoms with E-state index in [1.165, 1.54) is 24.3 Å². The van der Waals surface area contributed by atoms with Crippen LogP contribution in [-0.4, -0.2) is 33.1 Å². The maximum Gasteiger partial charge on any atom is 0.336 e. The number of anilines is 1. The van der Waals surface area contributed by atoms with Gasteiger partial charge < -0.3 is 5.11 Å². The molecule has 0 aliphatic carbocycles. The molecule has 1 fully saturated rings. The summed E-state index contributed by atoms with van der Waals surface area (Å²) in [6.45, 7) is 1.65. The maximum absolute atomic E-state index is 12.8. The number of hydrogen-bond acceptors (Lipinski definition) is 6. The molecule has 0 aromatic heterocycles. The van der Waals surface area contributed by atoms with Gasteiger partial charge in [0.2, 0.25) is 11.8 Å². The van der Waals surface area contributed by atoms with Gasteiger partial charge in [-0.2, -0.15) is 0 Å². The lowest BCUT2D eigenvalue weighted by molar-refractivity contribution is -0.384. The highest BCUT2D eigenvalue weighted by Crippen LogP contribution is 2.37. The molecule has 1 atom stereocenters. The summed E-state index contributed by atoms with van der Waals surface area (Å²) in [5.41, 5.74) is 0.559. The van der Waals surface area contributed by atoms with Crippen molar-refractivity contribution in [2.45, 2.75) is 23.5 Å². The summed E-state index contributed by atoms with van der Waals surface area (Å²) in [5.74, 6) is -2.12. The third kappa shape index (κ3) is 3.54. The van der Waals surface area contributed by atoms with E-state index in [-0.39, 0.29) is 23.4 Å². The predicted octanol–water partition coefficient (Wildman–Crippen LogP) is 3.03. The molecule has 1 aliphatic rings. The highest BCUT2D eigenvalue weighted by Gasteiger charge is 2.41. The van der Waals surface area contributed by atoms with Crippen molar-refractivity contribution in [3.63, 3.8) is 0 Å². The highest BCUT2D eigenvalue weighted by atomic mass is 32.2. The third-order valence-corrected chi connectivity index (χ3v) is 5.40. The van der Waals surface area contributed by atoms with E-state index in [9.17, 15) is 29.6 Å². The number of amides is 2. The second-order valence-electron chi connectivity index (χ2n) is 5.91. The lowest BCUT2D eigenvalue weighted by atomic mass is 10.1. The summed E-state index contributed by atoms with van der Waals surface area (Å²) in [7, 11) is 0. The van der Waals surface area contributed by atoms with Crippen molar-refractivity contribution in [3.8, 4) is 0 Å². The lowest BCUT2D eigenvalue weighted by Gasteiger charge is -2.17. The zero-order valence-corrected chi connectivity index (χ0v) is 14.9. The molecule has 27 heavy (non-hydrogen) atoms. The minimum absolute atomic E-state index is 0.0488. The van der Waals surface area contributed by atoms with Crippen LogP contribution >= 0.6 is 11.8 Å². The van der Waals surface area contributed by atoms with E-state index in [0.29, 0.717) is 10.5 Å². The SMILES string of the molecule is Cc1ccc([N+](=O)[O-])cc1N1C(=O)C[C@H](Sc2ccccc2C(=O)O)C1=O. The Kier molecular flexibility index (Phi) is 4.95. The number of nitro groups is 1. The van der Waals surface area contributed by atoms with Crippen LogP contribution < -0.4 is 4.90 Å². The summed E-state index contributed by atoms with van der Waals surface area (Å²) >= 11 is 1.01. The number of non-ortho nitro benzene ring substituents is 1. The minimum Gasteiger partial charge on any atom is -0.478 e. The molecule has 2 aromatic rings. The maximum atomic E-state index is 12.8. The highest BCUT2D eigenvalue weighted by molar-refractivity contribution is 8.00. The number of imide groups is 1. The van der Waals surface area contributed by atoms with Crippen molar-refractivity contribution in [1.29, 1.82) is 0 Å². The summed E-state index contributed by atoms with van der Waals surface area (Å²) in [6, 6.07) is 10.2. The number of thioether (sulfide) groups is 1. The summed E-state index contributed by atoms with van der Waals surface area (Å²) < 4.78 is 0. The number of rotatable bonds is 5. The molecule has 1 N–H and O–H groups in total. The Morgan fingerprint density at radius 3 is 2.63 bits per heavy atom. The van der Waals surface area contributed by atoms with Crippen molar-refractivity contribution in [1.82, 2.24) is 0 Å². The number of aryl methyl sites for hydroxylation is 1. The molecule has 1 heterocycles. The van der Waals surface area contributed by atoms with E-state index < -0.39 is 28.0 Å². The molecule has 1 aliphatic heterocycles.